The Morgan fingerprint density at radius 3 is 1.97 bits per heavy atom. The third kappa shape index (κ3) is 4.78. The first-order chi connectivity index (χ1) is 14.2. The SMILES string of the molecule is O=C(CC(c1ccccc1)c1ccccc1)N1CC=C(c2ccc(Cl)cc2)CC1. The van der Waals surface area contributed by atoms with E-state index in [1.807, 2.05) is 65.6 Å². The molecule has 0 unspecified atom stereocenters. The summed E-state index contributed by atoms with van der Waals surface area (Å²) in [6.45, 7) is 1.41. The number of hydrogen-bond donors (Lipinski definition) is 0. The molecule has 3 aromatic carbocycles. The smallest absolute Gasteiger partial charge is 0.223 e. The van der Waals surface area contributed by atoms with Gasteiger partial charge in [-0.3, -0.25) is 4.79 Å². The minimum absolute atomic E-state index is 0.0755. The molecular weight excluding hydrogens is 378 g/mol. The van der Waals surface area contributed by atoms with Crippen LogP contribution in [0.4, 0.5) is 0 Å². The lowest BCUT2D eigenvalue weighted by molar-refractivity contribution is -0.131. The highest BCUT2D eigenvalue weighted by Crippen LogP contribution is 2.30. The quantitative estimate of drug-likeness (QED) is 0.500. The molecule has 3 heteroatoms. The van der Waals surface area contributed by atoms with Crippen molar-refractivity contribution in [1.29, 1.82) is 0 Å². The van der Waals surface area contributed by atoms with Crippen molar-refractivity contribution in [2.75, 3.05) is 13.1 Å². The summed E-state index contributed by atoms with van der Waals surface area (Å²) >= 11 is 5.99. The van der Waals surface area contributed by atoms with Crippen molar-refractivity contribution in [3.05, 3.63) is 113 Å². The van der Waals surface area contributed by atoms with Gasteiger partial charge >= 0.3 is 0 Å². The fourth-order valence-electron chi connectivity index (χ4n) is 3.92. The third-order valence-electron chi connectivity index (χ3n) is 5.56. The molecule has 0 aliphatic carbocycles. The van der Waals surface area contributed by atoms with Crippen LogP contribution in [0.1, 0.15) is 35.4 Å². The summed E-state index contributed by atoms with van der Waals surface area (Å²) in [4.78, 5) is 15.1. The van der Waals surface area contributed by atoms with Crippen molar-refractivity contribution in [2.24, 2.45) is 0 Å². The molecule has 0 radical (unpaired) electrons. The molecule has 0 spiro atoms. The highest BCUT2D eigenvalue weighted by molar-refractivity contribution is 6.30. The van der Waals surface area contributed by atoms with Crippen LogP contribution in [-0.4, -0.2) is 23.9 Å². The number of rotatable bonds is 5. The van der Waals surface area contributed by atoms with Gasteiger partial charge in [0, 0.05) is 30.5 Å². The number of nitrogens with zero attached hydrogens (tertiary/aromatic N) is 1. The fourth-order valence-corrected chi connectivity index (χ4v) is 4.05. The number of carbonyl (C=O) groups excluding carboxylic acids is 1. The van der Waals surface area contributed by atoms with E-state index in [1.54, 1.807) is 0 Å². The van der Waals surface area contributed by atoms with Crippen LogP contribution in [0.3, 0.4) is 0 Å². The van der Waals surface area contributed by atoms with Crippen molar-refractivity contribution in [1.82, 2.24) is 4.90 Å². The maximum atomic E-state index is 13.1. The van der Waals surface area contributed by atoms with E-state index in [0.29, 0.717) is 13.0 Å². The average molecular weight is 402 g/mol. The maximum Gasteiger partial charge on any atom is 0.223 e. The molecule has 0 saturated carbocycles. The minimum Gasteiger partial charge on any atom is -0.339 e. The molecule has 0 saturated heterocycles. The van der Waals surface area contributed by atoms with Crippen LogP contribution >= 0.6 is 11.6 Å². The van der Waals surface area contributed by atoms with E-state index in [2.05, 4.69) is 30.3 Å². The van der Waals surface area contributed by atoms with Crippen molar-refractivity contribution in [2.45, 2.75) is 18.8 Å². The van der Waals surface area contributed by atoms with Gasteiger partial charge < -0.3 is 4.90 Å². The van der Waals surface area contributed by atoms with Crippen LogP contribution in [0.25, 0.3) is 5.57 Å². The Morgan fingerprint density at radius 2 is 1.45 bits per heavy atom. The van der Waals surface area contributed by atoms with Gasteiger partial charge in [-0.15, -0.1) is 0 Å². The summed E-state index contributed by atoms with van der Waals surface area (Å²) in [6.07, 6.45) is 3.53. The molecule has 1 aliphatic rings. The van der Waals surface area contributed by atoms with Crippen LogP contribution in [0.5, 0.6) is 0 Å². The first-order valence-corrected chi connectivity index (χ1v) is 10.4. The lowest BCUT2D eigenvalue weighted by Gasteiger charge is -2.29. The molecule has 3 aromatic rings. The number of halogens is 1. The summed E-state index contributed by atoms with van der Waals surface area (Å²) in [5.41, 5.74) is 4.84. The summed E-state index contributed by atoms with van der Waals surface area (Å²) < 4.78 is 0. The van der Waals surface area contributed by atoms with Gasteiger partial charge in [0.15, 0.2) is 0 Å². The predicted octanol–water partition coefficient (Wildman–Crippen LogP) is 6.18. The Balaban J connectivity index is 1.48. The molecule has 1 amide bonds. The zero-order valence-corrected chi connectivity index (χ0v) is 17.1. The van der Waals surface area contributed by atoms with Crippen molar-refractivity contribution in [3.63, 3.8) is 0 Å². The molecular formula is C26H24ClNO. The first-order valence-electron chi connectivity index (χ1n) is 10.0. The Morgan fingerprint density at radius 1 is 0.862 bits per heavy atom. The summed E-state index contributed by atoms with van der Waals surface area (Å²) in [7, 11) is 0. The van der Waals surface area contributed by atoms with Gasteiger partial charge in [0.25, 0.3) is 0 Å². The van der Waals surface area contributed by atoms with Crippen LogP contribution in [0, 0.1) is 0 Å². The van der Waals surface area contributed by atoms with Gasteiger partial charge in [-0.05, 0) is 40.8 Å². The first kappa shape index (κ1) is 19.5. The van der Waals surface area contributed by atoms with E-state index in [4.69, 9.17) is 11.6 Å². The van der Waals surface area contributed by atoms with Crippen LogP contribution in [0.2, 0.25) is 5.02 Å². The van der Waals surface area contributed by atoms with E-state index in [1.165, 1.54) is 22.3 Å². The number of carbonyl (C=O) groups is 1. The molecule has 0 atom stereocenters. The van der Waals surface area contributed by atoms with Gasteiger partial charge in [-0.1, -0.05) is 90.5 Å². The Kier molecular flexibility index (Phi) is 6.12. The van der Waals surface area contributed by atoms with Gasteiger partial charge in [0.05, 0.1) is 0 Å². The second-order valence-corrected chi connectivity index (χ2v) is 7.84. The number of benzene rings is 3. The van der Waals surface area contributed by atoms with Crippen LogP contribution in [-0.2, 0) is 4.79 Å². The zero-order chi connectivity index (χ0) is 20.1. The fraction of sp³-hybridized carbons (Fsp3) is 0.192. The summed E-state index contributed by atoms with van der Waals surface area (Å²) in [5, 5.41) is 0.745. The van der Waals surface area contributed by atoms with E-state index in [9.17, 15) is 4.79 Å². The maximum absolute atomic E-state index is 13.1. The summed E-state index contributed by atoms with van der Waals surface area (Å²) in [6, 6.07) is 28.6. The molecule has 2 nitrogen and oxygen atoms in total. The van der Waals surface area contributed by atoms with Gasteiger partial charge in [-0.25, -0.2) is 0 Å². The minimum atomic E-state index is 0.0755. The molecule has 146 valence electrons. The standard InChI is InChI=1S/C26H24ClNO/c27-24-13-11-20(12-14-24)21-15-17-28(18-16-21)26(29)19-25(22-7-3-1-4-8-22)23-9-5-2-6-10-23/h1-15,25H,16-19H2. The molecule has 4 rings (SSSR count). The van der Waals surface area contributed by atoms with E-state index < -0.39 is 0 Å². The molecule has 1 aliphatic heterocycles. The molecule has 0 bridgehead atoms. The zero-order valence-electron chi connectivity index (χ0n) is 16.3. The monoisotopic (exact) mass is 401 g/mol. The van der Waals surface area contributed by atoms with Crippen LogP contribution < -0.4 is 0 Å². The average Bonchev–Trinajstić information content (AvgIpc) is 2.79. The highest BCUT2D eigenvalue weighted by Gasteiger charge is 2.23. The molecule has 0 N–H and O–H groups in total. The summed E-state index contributed by atoms with van der Waals surface area (Å²) in [5.74, 6) is 0.278. The van der Waals surface area contributed by atoms with Gasteiger partial charge in [0.2, 0.25) is 5.91 Å². The normalized spacial score (nSPS) is 14.0. The van der Waals surface area contributed by atoms with E-state index >= 15 is 0 Å². The van der Waals surface area contributed by atoms with E-state index in [0.717, 1.165) is 18.0 Å². The lowest BCUT2D eigenvalue weighted by Crippen LogP contribution is -2.35. The third-order valence-corrected chi connectivity index (χ3v) is 5.81. The topological polar surface area (TPSA) is 20.3 Å². The predicted molar refractivity (Wildman–Crippen MR) is 120 cm³/mol. The van der Waals surface area contributed by atoms with Crippen molar-refractivity contribution < 1.29 is 4.79 Å². The van der Waals surface area contributed by atoms with Crippen molar-refractivity contribution in [3.8, 4) is 0 Å². The molecule has 0 fully saturated rings. The second-order valence-electron chi connectivity index (χ2n) is 7.40. The lowest BCUT2D eigenvalue weighted by atomic mass is 9.88. The second kappa shape index (κ2) is 9.11. The molecule has 1 heterocycles. The highest BCUT2D eigenvalue weighted by atomic mass is 35.5. The Hall–Kier alpha value is -2.84. The van der Waals surface area contributed by atoms with Gasteiger partial charge in [0.1, 0.15) is 0 Å². The molecule has 29 heavy (non-hydrogen) atoms. The van der Waals surface area contributed by atoms with Gasteiger partial charge in [-0.2, -0.15) is 0 Å². The number of hydrogen-bond acceptors (Lipinski definition) is 1. The number of amides is 1. The van der Waals surface area contributed by atoms with E-state index in [-0.39, 0.29) is 11.8 Å². The largest absolute Gasteiger partial charge is 0.339 e. The Labute approximate surface area is 177 Å². The molecule has 0 aromatic heterocycles. The Bertz CT molecular complexity index is 941. The van der Waals surface area contributed by atoms with Crippen LogP contribution in [0.15, 0.2) is 91.0 Å². The van der Waals surface area contributed by atoms with Crippen molar-refractivity contribution >= 4 is 23.1 Å².